The Morgan fingerprint density at radius 2 is 1.83 bits per heavy atom. The van der Waals surface area contributed by atoms with E-state index in [1.807, 2.05) is 25.1 Å². The standard InChI is InChI=1S/C22H23FN2O4/c1-13-5-7-16-14(12-28-19(16)9-13)10-20(26)24-18-11-15(23)6-8-17(18)25-21(27)29-22(2,3)4/h5-9,11-12H,10H2,1-4H3,(H,24,26)(H,25,27). The molecule has 2 N–H and O–H groups in total. The Kier molecular flexibility index (Phi) is 5.59. The van der Waals surface area contributed by atoms with E-state index >= 15 is 0 Å². The minimum absolute atomic E-state index is 0.0401. The van der Waals surface area contributed by atoms with Crippen molar-refractivity contribution in [2.24, 2.45) is 0 Å². The van der Waals surface area contributed by atoms with Crippen LogP contribution in [0.25, 0.3) is 11.0 Å². The molecule has 0 saturated heterocycles. The molecule has 6 nitrogen and oxygen atoms in total. The normalized spacial score (nSPS) is 11.3. The van der Waals surface area contributed by atoms with E-state index in [0.29, 0.717) is 5.58 Å². The summed E-state index contributed by atoms with van der Waals surface area (Å²) in [5.74, 6) is -0.912. The van der Waals surface area contributed by atoms with Crippen LogP contribution in [0.5, 0.6) is 0 Å². The van der Waals surface area contributed by atoms with Gasteiger partial charge in [0.25, 0.3) is 0 Å². The lowest BCUT2D eigenvalue weighted by Crippen LogP contribution is -2.27. The second kappa shape index (κ2) is 7.95. The maximum absolute atomic E-state index is 13.7. The molecule has 1 aromatic heterocycles. The van der Waals surface area contributed by atoms with Crippen LogP contribution in [0.1, 0.15) is 31.9 Å². The SMILES string of the molecule is Cc1ccc2c(CC(=O)Nc3cc(F)ccc3NC(=O)OC(C)(C)C)coc2c1. The number of halogens is 1. The highest BCUT2D eigenvalue weighted by Crippen LogP contribution is 2.26. The van der Waals surface area contributed by atoms with E-state index in [0.717, 1.165) is 22.6 Å². The third kappa shape index (κ3) is 5.34. The van der Waals surface area contributed by atoms with Crippen LogP contribution in [-0.4, -0.2) is 17.6 Å². The number of furan rings is 1. The third-order valence-electron chi connectivity index (χ3n) is 4.05. The predicted molar refractivity (Wildman–Crippen MR) is 110 cm³/mol. The first-order valence-corrected chi connectivity index (χ1v) is 9.17. The molecule has 0 aliphatic carbocycles. The molecule has 0 bridgehead atoms. The number of benzene rings is 2. The molecule has 1 heterocycles. The first kappa shape index (κ1) is 20.4. The fourth-order valence-corrected chi connectivity index (χ4v) is 2.84. The van der Waals surface area contributed by atoms with Crippen molar-refractivity contribution in [2.45, 2.75) is 39.7 Å². The Morgan fingerprint density at radius 1 is 1.07 bits per heavy atom. The van der Waals surface area contributed by atoms with Crippen LogP contribution in [0.3, 0.4) is 0 Å². The number of aryl methyl sites for hydroxylation is 1. The molecule has 7 heteroatoms. The molecule has 0 aliphatic heterocycles. The number of hydrogen-bond donors (Lipinski definition) is 2. The minimum Gasteiger partial charge on any atom is -0.464 e. The van der Waals surface area contributed by atoms with Crippen LogP contribution in [0.15, 0.2) is 47.1 Å². The highest BCUT2D eigenvalue weighted by molar-refractivity contribution is 6.00. The average Bonchev–Trinajstić information content (AvgIpc) is 2.97. The fraction of sp³-hybridized carbons (Fsp3) is 0.273. The lowest BCUT2D eigenvalue weighted by Gasteiger charge is -2.20. The van der Waals surface area contributed by atoms with Crippen LogP contribution in [-0.2, 0) is 16.0 Å². The maximum Gasteiger partial charge on any atom is 0.412 e. The summed E-state index contributed by atoms with van der Waals surface area (Å²) in [5.41, 5.74) is 2.17. The van der Waals surface area contributed by atoms with Gasteiger partial charge in [0.05, 0.1) is 24.1 Å². The molecule has 3 rings (SSSR count). The van der Waals surface area contributed by atoms with E-state index in [1.54, 1.807) is 20.8 Å². The van der Waals surface area contributed by atoms with E-state index in [1.165, 1.54) is 18.4 Å². The van der Waals surface area contributed by atoms with Crippen molar-refractivity contribution in [3.63, 3.8) is 0 Å². The molecule has 152 valence electrons. The Hall–Kier alpha value is -3.35. The second-order valence-corrected chi connectivity index (χ2v) is 7.80. The molecule has 29 heavy (non-hydrogen) atoms. The number of hydrogen-bond acceptors (Lipinski definition) is 4. The number of ether oxygens (including phenoxy) is 1. The van der Waals surface area contributed by atoms with Gasteiger partial charge in [-0.05, 0) is 57.5 Å². The fourth-order valence-electron chi connectivity index (χ4n) is 2.84. The maximum atomic E-state index is 13.7. The predicted octanol–water partition coefficient (Wildman–Crippen LogP) is 5.41. The summed E-state index contributed by atoms with van der Waals surface area (Å²) >= 11 is 0. The topological polar surface area (TPSA) is 80.6 Å². The molecule has 2 aromatic carbocycles. The first-order valence-electron chi connectivity index (χ1n) is 9.17. The van der Waals surface area contributed by atoms with Gasteiger partial charge in [-0.3, -0.25) is 10.1 Å². The summed E-state index contributed by atoms with van der Waals surface area (Å²) < 4.78 is 24.4. The van der Waals surface area contributed by atoms with Gasteiger partial charge in [-0.2, -0.15) is 0 Å². The van der Waals surface area contributed by atoms with Gasteiger partial charge in [0.15, 0.2) is 0 Å². The average molecular weight is 398 g/mol. The number of rotatable bonds is 4. The zero-order chi connectivity index (χ0) is 21.2. The number of anilines is 2. The molecule has 0 atom stereocenters. The van der Waals surface area contributed by atoms with Crippen molar-refractivity contribution in [1.82, 2.24) is 0 Å². The van der Waals surface area contributed by atoms with Crippen LogP contribution in [0.4, 0.5) is 20.6 Å². The Bertz CT molecular complexity index is 1070. The van der Waals surface area contributed by atoms with Gasteiger partial charge < -0.3 is 14.5 Å². The van der Waals surface area contributed by atoms with Gasteiger partial charge >= 0.3 is 6.09 Å². The van der Waals surface area contributed by atoms with Crippen LogP contribution >= 0.6 is 0 Å². The number of amides is 2. The smallest absolute Gasteiger partial charge is 0.412 e. The number of fused-ring (bicyclic) bond motifs is 1. The van der Waals surface area contributed by atoms with Gasteiger partial charge in [0, 0.05) is 10.9 Å². The van der Waals surface area contributed by atoms with Gasteiger partial charge in [0.2, 0.25) is 5.91 Å². The van der Waals surface area contributed by atoms with Crippen LogP contribution in [0, 0.1) is 12.7 Å². The quantitative estimate of drug-likeness (QED) is 0.616. The highest BCUT2D eigenvalue weighted by atomic mass is 19.1. The molecule has 0 aliphatic rings. The minimum atomic E-state index is -0.698. The molecule has 0 saturated carbocycles. The lowest BCUT2D eigenvalue weighted by atomic mass is 10.1. The summed E-state index contributed by atoms with van der Waals surface area (Å²) in [6.07, 6.45) is 0.879. The summed E-state index contributed by atoms with van der Waals surface area (Å²) in [6, 6.07) is 9.43. The first-order chi connectivity index (χ1) is 13.6. The summed E-state index contributed by atoms with van der Waals surface area (Å²) in [4.78, 5) is 24.6. The van der Waals surface area contributed by atoms with Gasteiger partial charge in [-0.15, -0.1) is 0 Å². The molecule has 0 unspecified atom stereocenters. The Labute approximate surface area is 168 Å². The number of nitrogens with one attached hydrogen (secondary N) is 2. The number of carbonyl (C=O) groups is 2. The largest absolute Gasteiger partial charge is 0.464 e. The molecule has 0 radical (unpaired) electrons. The molecule has 0 spiro atoms. The van der Waals surface area contributed by atoms with Crippen molar-refractivity contribution in [3.8, 4) is 0 Å². The molecular formula is C22H23FN2O4. The summed E-state index contributed by atoms with van der Waals surface area (Å²) in [7, 11) is 0. The van der Waals surface area contributed by atoms with Crippen molar-refractivity contribution in [3.05, 3.63) is 59.6 Å². The Morgan fingerprint density at radius 3 is 2.55 bits per heavy atom. The van der Waals surface area contributed by atoms with Crippen LogP contribution < -0.4 is 10.6 Å². The van der Waals surface area contributed by atoms with Crippen molar-refractivity contribution in [1.29, 1.82) is 0 Å². The Balaban J connectivity index is 1.75. The van der Waals surface area contributed by atoms with E-state index in [-0.39, 0.29) is 23.7 Å². The summed E-state index contributed by atoms with van der Waals surface area (Å²) in [6.45, 7) is 7.15. The third-order valence-corrected chi connectivity index (χ3v) is 4.05. The summed E-state index contributed by atoms with van der Waals surface area (Å²) in [5, 5.41) is 6.02. The molecule has 0 fully saturated rings. The molecular weight excluding hydrogens is 375 g/mol. The van der Waals surface area contributed by atoms with E-state index in [9.17, 15) is 14.0 Å². The zero-order valence-corrected chi connectivity index (χ0v) is 16.8. The number of carbonyl (C=O) groups excluding carboxylic acids is 2. The van der Waals surface area contributed by atoms with Crippen molar-refractivity contribution < 1.29 is 23.1 Å². The lowest BCUT2D eigenvalue weighted by molar-refractivity contribution is -0.115. The van der Waals surface area contributed by atoms with Crippen molar-refractivity contribution >= 4 is 34.3 Å². The van der Waals surface area contributed by atoms with Gasteiger partial charge in [-0.25, -0.2) is 9.18 Å². The van der Waals surface area contributed by atoms with Crippen molar-refractivity contribution in [2.75, 3.05) is 10.6 Å². The monoisotopic (exact) mass is 398 g/mol. The van der Waals surface area contributed by atoms with E-state index in [2.05, 4.69) is 10.6 Å². The van der Waals surface area contributed by atoms with Gasteiger partial charge in [-0.1, -0.05) is 12.1 Å². The second-order valence-electron chi connectivity index (χ2n) is 7.80. The van der Waals surface area contributed by atoms with Crippen LogP contribution in [0.2, 0.25) is 0 Å². The zero-order valence-electron chi connectivity index (χ0n) is 16.8. The molecule has 3 aromatic rings. The molecule has 2 amide bonds. The van der Waals surface area contributed by atoms with Gasteiger partial charge in [0.1, 0.15) is 17.0 Å². The van der Waals surface area contributed by atoms with E-state index in [4.69, 9.17) is 9.15 Å². The highest BCUT2D eigenvalue weighted by Gasteiger charge is 2.18. The van der Waals surface area contributed by atoms with E-state index < -0.39 is 17.5 Å².